The number of amides is 2. The fourth-order valence-corrected chi connectivity index (χ4v) is 3.55. The average Bonchev–Trinajstić information content (AvgIpc) is 3.10. The smallest absolute Gasteiger partial charge is 0.251 e. The van der Waals surface area contributed by atoms with Gasteiger partial charge in [-0.2, -0.15) is 0 Å². The molecule has 3 rings (SSSR count). The molecule has 2 amide bonds. The van der Waals surface area contributed by atoms with Gasteiger partial charge in [0.15, 0.2) is 5.16 Å². The maximum Gasteiger partial charge on any atom is 0.251 e. The van der Waals surface area contributed by atoms with Crippen molar-refractivity contribution >= 4 is 40.9 Å². The molecule has 0 unspecified atom stereocenters. The Morgan fingerprint density at radius 2 is 2.00 bits per heavy atom. The third kappa shape index (κ3) is 4.35. The third-order valence-electron chi connectivity index (χ3n) is 4.08. The number of hydrogen-bond acceptors (Lipinski definition) is 5. The van der Waals surface area contributed by atoms with Crippen LogP contribution in [0.15, 0.2) is 47.9 Å². The second kappa shape index (κ2) is 8.45. The number of nitrogens with one attached hydrogen (secondary N) is 1. The molecule has 3 aromatic rings. The molecule has 144 valence electrons. The molecule has 7 nitrogen and oxygen atoms in total. The first kappa shape index (κ1) is 19.9. The second-order valence-corrected chi connectivity index (χ2v) is 7.47. The van der Waals surface area contributed by atoms with Crippen LogP contribution in [0.3, 0.4) is 0 Å². The van der Waals surface area contributed by atoms with Gasteiger partial charge in [0.1, 0.15) is 6.33 Å². The van der Waals surface area contributed by atoms with E-state index in [0.717, 1.165) is 11.3 Å². The molecule has 0 aliphatic heterocycles. The van der Waals surface area contributed by atoms with E-state index >= 15 is 0 Å². The van der Waals surface area contributed by atoms with Crippen LogP contribution < -0.4 is 11.1 Å². The summed E-state index contributed by atoms with van der Waals surface area (Å²) in [7, 11) is 0. The number of aryl methyl sites for hydroxylation is 2. The highest BCUT2D eigenvalue weighted by molar-refractivity contribution is 7.99. The number of primary amides is 1. The number of hydrogen-bond donors (Lipinski definition) is 2. The van der Waals surface area contributed by atoms with E-state index in [0.29, 0.717) is 27.0 Å². The van der Waals surface area contributed by atoms with Gasteiger partial charge in [0.2, 0.25) is 5.91 Å². The Balaban J connectivity index is 1.72. The molecule has 0 aliphatic carbocycles. The summed E-state index contributed by atoms with van der Waals surface area (Å²) in [6, 6.07) is 10.8. The standard InChI is InChI=1S/C19H18ClN5O2S/c1-11-6-7-13(8-14(11)20)25-10-22-24-19(25)28-9-16(26)23-15-5-3-4-12(2)17(15)18(21)27/h3-8,10H,9H2,1-2H3,(H2,21,27)(H,23,26). The van der Waals surface area contributed by atoms with Crippen molar-refractivity contribution in [3.63, 3.8) is 0 Å². The van der Waals surface area contributed by atoms with E-state index in [-0.39, 0.29) is 11.7 Å². The predicted octanol–water partition coefficient (Wildman–Crippen LogP) is 3.37. The largest absolute Gasteiger partial charge is 0.366 e. The molecular weight excluding hydrogens is 398 g/mol. The first-order valence-corrected chi connectivity index (χ1v) is 9.72. The van der Waals surface area contributed by atoms with Crippen LogP contribution in [-0.2, 0) is 4.79 Å². The van der Waals surface area contributed by atoms with Gasteiger partial charge in [-0.3, -0.25) is 14.2 Å². The Bertz CT molecular complexity index is 1050. The van der Waals surface area contributed by atoms with Gasteiger partial charge in [0, 0.05) is 5.02 Å². The van der Waals surface area contributed by atoms with Gasteiger partial charge in [-0.25, -0.2) is 0 Å². The minimum atomic E-state index is -0.586. The number of nitrogens with zero attached hydrogens (tertiary/aromatic N) is 3. The van der Waals surface area contributed by atoms with Crippen LogP contribution in [0.4, 0.5) is 5.69 Å². The molecule has 1 heterocycles. The molecule has 0 aliphatic rings. The highest BCUT2D eigenvalue weighted by Gasteiger charge is 2.15. The lowest BCUT2D eigenvalue weighted by atomic mass is 10.1. The minimum absolute atomic E-state index is 0.0877. The highest BCUT2D eigenvalue weighted by Crippen LogP contribution is 2.24. The Kier molecular flexibility index (Phi) is 6.01. The summed E-state index contributed by atoms with van der Waals surface area (Å²) in [6.45, 7) is 3.68. The Labute approximate surface area is 171 Å². The zero-order chi connectivity index (χ0) is 20.3. The van der Waals surface area contributed by atoms with Crippen LogP contribution in [0, 0.1) is 13.8 Å². The zero-order valence-electron chi connectivity index (χ0n) is 15.3. The number of nitrogens with two attached hydrogens (primary N) is 1. The number of halogens is 1. The quantitative estimate of drug-likeness (QED) is 0.601. The van der Waals surface area contributed by atoms with Crippen molar-refractivity contribution < 1.29 is 9.59 Å². The van der Waals surface area contributed by atoms with Gasteiger partial charge < -0.3 is 11.1 Å². The van der Waals surface area contributed by atoms with Crippen LogP contribution >= 0.6 is 23.4 Å². The summed E-state index contributed by atoms with van der Waals surface area (Å²) in [5, 5.41) is 11.9. The summed E-state index contributed by atoms with van der Waals surface area (Å²) in [4.78, 5) is 24.0. The number of aromatic nitrogens is 3. The van der Waals surface area contributed by atoms with Gasteiger partial charge in [0.25, 0.3) is 5.91 Å². The van der Waals surface area contributed by atoms with Gasteiger partial charge in [0.05, 0.1) is 22.7 Å². The lowest BCUT2D eigenvalue weighted by Crippen LogP contribution is -2.20. The number of benzene rings is 2. The molecule has 0 bridgehead atoms. The molecule has 0 saturated carbocycles. The molecule has 0 saturated heterocycles. The van der Waals surface area contributed by atoms with Crippen LogP contribution in [0.2, 0.25) is 5.02 Å². The number of carbonyl (C=O) groups excluding carboxylic acids is 2. The monoisotopic (exact) mass is 415 g/mol. The lowest BCUT2D eigenvalue weighted by Gasteiger charge is -2.11. The first-order chi connectivity index (χ1) is 13.4. The molecule has 28 heavy (non-hydrogen) atoms. The van der Waals surface area contributed by atoms with Gasteiger partial charge in [-0.1, -0.05) is 41.6 Å². The Morgan fingerprint density at radius 3 is 2.71 bits per heavy atom. The number of carbonyl (C=O) groups is 2. The SMILES string of the molecule is Cc1ccc(-n2cnnc2SCC(=O)Nc2cccc(C)c2C(N)=O)cc1Cl. The van der Waals surface area contributed by atoms with Crippen LogP contribution in [0.1, 0.15) is 21.5 Å². The van der Waals surface area contributed by atoms with E-state index in [1.807, 2.05) is 25.1 Å². The predicted molar refractivity (Wildman–Crippen MR) is 110 cm³/mol. The summed E-state index contributed by atoms with van der Waals surface area (Å²) in [6.07, 6.45) is 1.56. The van der Waals surface area contributed by atoms with E-state index in [1.54, 1.807) is 36.0 Å². The first-order valence-electron chi connectivity index (χ1n) is 8.35. The van der Waals surface area contributed by atoms with Gasteiger partial charge in [-0.05, 0) is 43.2 Å². The normalized spacial score (nSPS) is 10.7. The second-order valence-electron chi connectivity index (χ2n) is 6.12. The van der Waals surface area contributed by atoms with Crippen LogP contribution in [0.5, 0.6) is 0 Å². The molecule has 0 atom stereocenters. The molecule has 2 aromatic carbocycles. The van der Waals surface area contributed by atoms with Crippen molar-refractivity contribution in [3.8, 4) is 5.69 Å². The average molecular weight is 416 g/mol. The zero-order valence-corrected chi connectivity index (χ0v) is 16.8. The van der Waals surface area contributed by atoms with Gasteiger partial charge >= 0.3 is 0 Å². The maximum atomic E-state index is 12.4. The van der Waals surface area contributed by atoms with Crippen molar-refractivity contribution in [1.29, 1.82) is 0 Å². The lowest BCUT2D eigenvalue weighted by molar-refractivity contribution is -0.113. The molecular formula is C19H18ClN5O2S. The van der Waals surface area contributed by atoms with E-state index < -0.39 is 5.91 Å². The Hall–Kier alpha value is -2.84. The Morgan fingerprint density at radius 1 is 1.21 bits per heavy atom. The molecule has 9 heteroatoms. The minimum Gasteiger partial charge on any atom is -0.366 e. The molecule has 0 spiro atoms. The van der Waals surface area contributed by atoms with Crippen molar-refractivity contribution in [1.82, 2.24) is 14.8 Å². The van der Waals surface area contributed by atoms with Gasteiger partial charge in [-0.15, -0.1) is 10.2 Å². The van der Waals surface area contributed by atoms with Crippen LogP contribution in [-0.4, -0.2) is 32.3 Å². The van der Waals surface area contributed by atoms with E-state index in [9.17, 15) is 9.59 Å². The molecule has 0 fully saturated rings. The summed E-state index contributed by atoms with van der Waals surface area (Å²) in [5.74, 6) is -0.781. The van der Waals surface area contributed by atoms with Crippen molar-refractivity contribution in [2.24, 2.45) is 5.73 Å². The fraction of sp³-hybridized carbons (Fsp3) is 0.158. The van der Waals surface area contributed by atoms with Crippen molar-refractivity contribution in [2.45, 2.75) is 19.0 Å². The number of thioether (sulfide) groups is 1. The molecule has 3 N–H and O–H groups in total. The van der Waals surface area contributed by atoms with E-state index in [1.165, 1.54) is 11.8 Å². The maximum absolute atomic E-state index is 12.4. The number of anilines is 1. The summed E-state index contributed by atoms with van der Waals surface area (Å²) < 4.78 is 1.75. The topological polar surface area (TPSA) is 103 Å². The third-order valence-corrected chi connectivity index (χ3v) is 5.43. The van der Waals surface area contributed by atoms with Crippen molar-refractivity contribution in [3.05, 3.63) is 64.4 Å². The summed E-state index contributed by atoms with van der Waals surface area (Å²) in [5.41, 5.74) is 8.59. The molecule has 0 radical (unpaired) electrons. The highest BCUT2D eigenvalue weighted by atomic mass is 35.5. The van der Waals surface area contributed by atoms with Crippen molar-refractivity contribution in [2.75, 3.05) is 11.1 Å². The van der Waals surface area contributed by atoms with E-state index in [4.69, 9.17) is 17.3 Å². The van der Waals surface area contributed by atoms with Crippen LogP contribution in [0.25, 0.3) is 5.69 Å². The molecule has 1 aromatic heterocycles. The van der Waals surface area contributed by atoms with E-state index in [2.05, 4.69) is 15.5 Å². The number of rotatable bonds is 6. The summed E-state index contributed by atoms with van der Waals surface area (Å²) >= 11 is 7.41. The fourth-order valence-electron chi connectivity index (χ4n) is 2.65.